The maximum absolute atomic E-state index is 12.4. The number of hydrogen-bond donors (Lipinski definition) is 3. The molecule has 0 aliphatic rings. The second kappa shape index (κ2) is 7.45. The molecule has 0 saturated heterocycles. The van der Waals surface area contributed by atoms with Crippen molar-refractivity contribution in [3.05, 3.63) is 65.2 Å². The molecular weight excluding hydrogens is 346 g/mol. The van der Waals surface area contributed by atoms with Crippen LogP contribution in [0, 0.1) is 6.92 Å². The molecule has 1 atom stereocenters. The molecule has 0 spiro atoms. The van der Waals surface area contributed by atoms with Crippen LogP contribution in [0.3, 0.4) is 0 Å². The maximum Gasteiger partial charge on any atom is 0.335 e. The average Bonchev–Trinajstić information content (AvgIpc) is 2.56. The van der Waals surface area contributed by atoms with Gasteiger partial charge in [0.15, 0.2) is 0 Å². The lowest BCUT2D eigenvalue weighted by molar-refractivity contribution is -0.138. The van der Waals surface area contributed by atoms with Crippen LogP contribution in [0.25, 0.3) is 0 Å². The van der Waals surface area contributed by atoms with Gasteiger partial charge in [-0.15, -0.1) is 0 Å². The Kier molecular flexibility index (Phi) is 5.55. The molecular formula is C17H17NO6S. The van der Waals surface area contributed by atoms with Crippen LogP contribution in [0.2, 0.25) is 0 Å². The molecule has 0 fully saturated rings. The minimum atomic E-state index is -4.10. The lowest BCUT2D eigenvalue weighted by atomic mass is 10.1. The van der Waals surface area contributed by atoms with Crippen LogP contribution in [0.15, 0.2) is 53.4 Å². The zero-order chi connectivity index (χ0) is 18.6. The van der Waals surface area contributed by atoms with Gasteiger partial charge >= 0.3 is 11.9 Å². The molecule has 0 unspecified atom stereocenters. The Labute approximate surface area is 145 Å². The molecule has 25 heavy (non-hydrogen) atoms. The van der Waals surface area contributed by atoms with Crippen molar-refractivity contribution in [3.63, 3.8) is 0 Å². The number of rotatable bonds is 7. The molecule has 0 radical (unpaired) electrons. The summed E-state index contributed by atoms with van der Waals surface area (Å²) in [5.41, 5.74) is 1.63. The Balaban J connectivity index is 2.20. The lowest BCUT2D eigenvalue weighted by Gasteiger charge is -2.15. The monoisotopic (exact) mass is 363 g/mol. The number of carboxylic acid groups (broad SMARTS) is 2. The standard InChI is InChI=1S/C17H17NO6S/c1-11-2-4-12(5-3-11)10-15(17(21)22)18-25(23,24)14-8-6-13(7-9-14)16(19)20/h2-9,15,18H,10H2,1H3,(H,19,20)(H,21,22)/t15-/m1/s1. The van der Waals surface area contributed by atoms with E-state index in [1.165, 1.54) is 0 Å². The van der Waals surface area contributed by atoms with Crippen molar-refractivity contribution in [1.29, 1.82) is 0 Å². The van der Waals surface area contributed by atoms with Gasteiger partial charge in [-0.1, -0.05) is 29.8 Å². The summed E-state index contributed by atoms with van der Waals surface area (Å²) in [6.07, 6.45) is -0.0119. The lowest BCUT2D eigenvalue weighted by Crippen LogP contribution is -2.42. The zero-order valence-electron chi connectivity index (χ0n) is 13.3. The molecule has 0 aliphatic carbocycles. The number of sulfonamides is 1. The second-order valence-electron chi connectivity index (χ2n) is 5.53. The number of benzene rings is 2. The van der Waals surface area contributed by atoms with Gasteiger partial charge in [-0.25, -0.2) is 13.2 Å². The van der Waals surface area contributed by atoms with E-state index in [0.29, 0.717) is 5.56 Å². The van der Waals surface area contributed by atoms with Gasteiger partial charge in [-0.3, -0.25) is 4.79 Å². The topological polar surface area (TPSA) is 121 Å². The largest absolute Gasteiger partial charge is 0.480 e. The Morgan fingerprint density at radius 2 is 1.56 bits per heavy atom. The molecule has 2 rings (SSSR count). The molecule has 0 bridgehead atoms. The predicted octanol–water partition coefficient (Wildman–Crippen LogP) is 1.67. The van der Waals surface area contributed by atoms with Crippen LogP contribution in [0.1, 0.15) is 21.5 Å². The molecule has 2 aromatic rings. The summed E-state index contributed by atoms with van der Waals surface area (Å²) >= 11 is 0. The van der Waals surface area contributed by atoms with Crippen molar-refractivity contribution >= 4 is 22.0 Å². The summed E-state index contributed by atoms with van der Waals surface area (Å²) in [5, 5.41) is 18.1. The third kappa shape index (κ3) is 4.88. The van der Waals surface area contributed by atoms with Crippen LogP contribution in [-0.2, 0) is 21.2 Å². The summed E-state index contributed by atoms with van der Waals surface area (Å²) in [4.78, 5) is 22.0. The van der Waals surface area contributed by atoms with Crippen LogP contribution in [0.4, 0.5) is 0 Å². The highest BCUT2D eigenvalue weighted by atomic mass is 32.2. The number of aromatic carboxylic acids is 1. The van der Waals surface area contributed by atoms with Crippen molar-refractivity contribution in [3.8, 4) is 0 Å². The van der Waals surface area contributed by atoms with Gasteiger partial charge in [0.25, 0.3) is 0 Å². The predicted molar refractivity (Wildman–Crippen MR) is 90.0 cm³/mol. The minimum absolute atomic E-state index is 0.0119. The van der Waals surface area contributed by atoms with Crippen LogP contribution in [0.5, 0.6) is 0 Å². The fourth-order valence-electron chi connectivity index (χ4n) is 2.17. The average molecular weight is 363 g/mol. The number of carboxylic acids is 2. The van der Waals surface area contributed by atoms with E-state index in [1.54, 1.807) is 12.1 Å². The SMILES string of the molecule is Cc1ccc(C[C@@H](NS(=O)(=O)c2ccc(C(=O)O)cc2)C(=O)O)cc1. The van der Waals surface area contributed by atoms with Gasteiger partial charge in [-0.05, 0) is 43.2 Å². The number of aryl methyl sites for hydroxylation is 1. The molecule has 7 nitrogen and oxygen atoms in total. The number of nitrogens with one attached hydrogen (secondary N) is 1. The Morgan fingerprint density at radius 1 is 1.00 bits per heavy atom. The fraction of sp³-hybridized carbons (Fsp3) is 0.176. The fourth-order valence-corrected chi connectivity index (χ4v) is 3.36. The molecule has 8 heteroatoms. The maximum atomic E-state index is 12.4. The summed E-state index contributed by atoms with van der Waals surface area (Å²) in [6, 6.07) is 10.3. The summed E-state index contributed by atoms with van der Waals surface area (Å²) in [5.74, 6) is -2.48. The first-order chi connectivity index (χ1) is 11.7. The summed E-state index contributed by atoms with van der Waals surface area (Å²) in [6.45, 7) is 1.89. The van der Waals surface area contributed by atoms with Crippen molar-refractivity contribution in [2.75, 3.05) is 0 Å². The van der Waals surface area contributed by atoms with E-state index in [2.05, 4.69) is 4.72 Å². The van der Waals surface area contributed by atoms with Crippen LogP contribution >= 0.6 is 0 Å². The highest BCUT2D eigenvalue weighted by molar-refractivity contribution is 7.89. The van der Waals surface area contributed by atoms with Crippen molar-refractivity contribution in [1.82, 2.24) is 4.72 Å². The number of hydrogen-bond acceptors (Lipinski definition) is 4. The highest BCUT2D eigenvalue weighted by Gasteiger charge is 2.25. The van der Waals surface area contributed by atoms with E-state index in [4.69, 9.17) is 5.11 Å². The molecule has 3 N–H and O–H groups in total. The van der Waals surface area contributed by atoms with E-state index in [0.717, 1.165) is 29.8 Å². The van der Waals surface area contributed by atoms with Gasteiger partial charge in [-0.2, -0.15) is 4.72 Å². The van der Waals surface area contributed by atoms with Gasteiger partial charge in [0.2, 0.25) is 10.0 Å². The molecule has 0 aromatic heterocycles. The van der Waals surface area contributed by atoms with E-state index in [1.807, 2.05) is 19.1 Å². The third-order valence-electron chi connectivity index (χ3n) is 3.57. The summed E-state index contributed by atoms with van der Waals surface area (Å²) < 4.78 is 26.8. The van der Waals surface area contributed by atoms with Gasteiger partial charge in [0, 0.05) is 0 Å². The van der Waals surface area contributed by atoms with E-state index in [9.17, 15) is 23.1 Å². The van der Waals surface area contributed by atoms with Crippen LogP contribution < -0.4 is 4.72 Å². The molecule has 0 amide bonds. The molecule has 132 valence electrons. The first-order valence-corrected chi connectivity index (χ1v) is 8.81. The number of aliphatic carboxylic acids is 1. The van der Waals surface area contributed by atoms with Gasteiger partial charge in [0.1, 0.15) is 6.04 Å². The van der Waals surface area contributed by atoms with E-state index < -0.39 is 28.0 Å². The van der Waals surface area contributed by atoms with Crippen molar-refractivity contribution in [2.24, 2.45) is 0 Å². The Hall–Kier alpha value is -2.71. The number of carbonyl (C=O) groups is 2. The van der Waals surface area contributed by atoms with Crippen molar-refractivity contribution in [2.45, 2.75) is 24.3 Å². The molecule has 0 saturated carbocycles. The quantitative estimate of drug-likeness (QED) is 0.688. The third-order valence-corrected chi connectivity index (χ3v) is 5.06. The molecule has 0 heterocycles. The Morgan fingerprint density at radius 3 is 2.04 bits per heavy atom. The van der Waals surface area contributed by atoms with Crippen LogP contribution in [-0.4, -0.2) is 36.6 Å². The second-order valence-corrected chi connectivity index (χ2v) is 7.25. The molecule has 0 aliphatic heterocycles. The highest BCUT2D eigenvalue weighted by Crippen LogP contribution is 2.13. The minimum Gasteiger partial charge on any atom is -0.480 e. The van der Waals surface area contributed by atoms with E-state index >= 15 is 0 Å². The Bertz CT molecular complexity index is 872. The van der Waals surface area contributed by atoms with Gasteiger partial charge < -0.3 is 10.2 Å². The summed E-state index contributed by atoms with van der Waals surface area (Å²) in [7, 11) is -4.10. The normalized spacial score (nSPS) is 12.5. The first-order valence-electron chi connectivity index (χ1n) is 7.33. The molecule has 2 aromatic carbocycles. The zero-order valence-corrected chi connectivity index (χ0v) is 14.2. The first kappa shape index (κ1) is 18.6. The van der Waals surface area contributed by atoms with Gasteiger partial charge in [0.05, 0.1) is 10.5 Å². The smallest absolute Gasteiger partial charge is 0.335 e. The van der Waals surface area contributed by atoms with Crippen molar-refractivity contribution < 1.29 is 28.2 Å². The van der Waals surface area contributed by atoms with E-state index in [-0.39, 0.29) is 16.9 Å².